The Hall–Kier alpha value is -0.390. The van der Waals surface area contributed by atoms with Crippen molar-refractivity contribution in [3.63, 3.8) is 0 Å². The van der Waals surface area contributed by atoms with Gasteiger partial charge >= 0.3 is 0 Å². The first-order valence-corrected chi connectivity index (χ1v) is 7.19. The molecule has 1 aromatic carbocycles. The van der Waals surface area contributed by atoms with E-state index >= 15 is 0 Å². The van der Waals surface area contributed by atoms with Gasteiger partial charge in [0.15, 0.2) is 0 Å². The quantitative estimate of drug-likeness (QED) is 0.925. The van der Waals surface area contributed by atoms with Crippen molar-refractivity contribution in [1.29, 1.82) is 0 Å². The number of hydrogen-bond donors (Lipinski definition) is 1. The molecule has 1 aromatic rings. The summed E-state index contributed by atoms with van der Waals surface area (Å²) in [6.07, 6.45) is 0.762. The maximum absolute atomic E-state index is 11.0. The number of hydrogen-bond acceptors (Lipinski definition) is 2. The first-order chi connectivity index (χ1) is 6.92. The lowest BCUT2D eigenvalue weighted by Gasteiger charge is -2.13. The van der Waals surface area contributed by atoms with Gasteiger partial charge in [-0.2, -0.15) is 0 Å². The summed E-state index contributed by atoms with van der Waals surface area (Å²) in [5, 5.41) is 5.04. The van der Waals surface area contributed by atoms with Crippen LogP contribution in [-0.4, -0.2) is 14.2 Å². The van der Waals surface area contributed by atoms with Crippen LogP contribution in [0.4, 0.5) is 0 Å². The molecule has 0 fully saturated rings. The van der Waals surface area contributed by atoms with Crippen LogP contribution in [0.15, 0.2) is 28.7 Å². The average molecular weight is 292 g/mol. The Balaban J connectivity index is 2.88. The summed E-state index contributed by atoms with van der Waals surface area (Å²) >= 11 is 3.33. The molecule has 0 saturated heterocycles. The summed E-state index contributed by atoms with van der Waals surface area (Å²) in [5.41, 5.74) is 1.01. The second-order valence-corrected chi connectivity index (χ2v) is 6.06. The summed E-state index contributed by atoms with van der Waals surface area (Å²) in [7, 11) is -3.41. The standard InChI is InChI=1S/C10H14BrNO2S/c1-2-8(7-15(12,13)14)9-3-5-10(11)6-4-9/h3-6,8H,2,7H2,1H3,(H2,12,13,14). The molecule has 0 aromatic heterocycles. The number of benzene rings is 1. The highest BCUT2D eigenvalue weighted by atomic mass is 79.9. The predicted octanol–water partition coefficient (Wildman–Crippen LogP) is 2.23. The summed E-state index contributed by atoms with van der Waals surface area (Å²) in [6.45, 7) is 1.96. The van der Waals surface area contributed by atoms with Crippen LogP contribution >= 0.6 is 15.9 Å². The van der Waals surface area contributed by atoms with Crippen LogP contribution in [0.3, 0.4) is 0 Å². The fourth-order valence-electron chi connectivity index (χ4n) is 1.47. The summed E-state index contributed by atoms with van der Waals surface area (Å²) < 4.78 is 23.0. The van der Waals surface area contributed by atoms with E-state index in [1.807, 2.05) is 31.2 Å². The van der Waals surface area contributed by atoms with E-state index in [9.17, 15) is 8.42 Å². The minimum absolute atomic E-state index is 0.00509. The van der Waals surface area contributed by atoms with Crippen molar-refractivity contribution >= 4 is 26.0 Å². The fourth-order valence-corrected chi connectivity index (χ4v) is 2.72. The first kappa shape index (κ1) is 12.7. The lowest BCUT2D eigenvalue weighted by molar-refractivity contribution is 0.586. The van der Waals surface area contributed by atoms with Crippen LogP contribution in [0.5, 0.6) is 0 Å². The zero-order valence-electron chi connectivity index (χ0n) is 8.48. The minimum Gasteiger partial charge on any atom is -0.229 e. The van der Waals surface area contributed by atoms with Gasteiger partial charge in [0.05, 0.1) is 5.75 Å². The van der Waals surface area contributed by atoms with Crippen LogP contribution in [0, 0.1) is 0 Å². The maximum Gasteiger partial charge on any atom is 0.209 e. The van der Waals surface area contributed by atoms with E-state index in [4.69, 9.17) is 5.14 Å². The molecule has 2 N–H and O–H groups in total. The topological polar surface area (TPSA) is 60.2 Å². The van der Waals surface area contributed by atoms with Gasteiger partial charge in [0.25, 0.3) is 0 Å². The molecule has 84 valence electrons. The van der Waals surface area contributed by atoms with Crippen LogP contribution in [0.25, 0.3) is 0 Å². The number of rotatable bonds is 4. The zero-order chi connectivity index (χ0) is 11.5. The van der Waals surface area contributed by atoms with Gasteiger partial charge in [-0.1, -0.05) is 35.0 Å². The van der Waals surface area contributed by atoms with Crippen LogP contribution < -0.4 is 5.14 Å². The van der Waals surface area contributed by atoms with E-state index in [1.165, 1.54) is 0 Å². The Kier molecular flexibility index (Phi) is 4.31. The Morgan fingerprint density at radius 2 is 1.87 bits per heavy atom. The summed E-state index contributed by atoms with van der Waals surface area (Å²) in [5.74, 6) is -0.0152. The number of nitrogens with two attached hydrogens (primary N) is 1. The molecule has 0 bridgehead atoms. The maximum atomic E-state index is 11.0. The molecule has 0 aliphatic heterocycles. The van der Waals surface area contributed by atoms with Crippen molar-refractivity contribution < 1.29 is 8.42 Å². The molecule has 0 aliphatic rings. The predicted molar refractivity (Wildman–Crippen MR) is 65.1 cm³/mol. The second-order valence-electron chi connectivity index (χ2n) is 3.49. The minimum atomic E-state index is -3.41. The van der Waals surface area contributed by atoms with Gasteiger partial charge in [0.2, 0.25) is 10.0 Å². The molecular weight excluding hydrogens is 278 g/mol. The third kappa shape index (κ3) is 4.32. The molecule has 0 saturated carbocycles. The summed E-state index contributed by atoms with van der Waals surface area (Å²) in [6, 6.07) is 7.65. The van der Waals surface area contributed by atoms with Crippen LogP contribution in [-0.2, 0) is 10.0 Å². The van der Waals surface area contributed by atoms with E-state index in [0.29, 0.717) is 0 Å². The van der Waals surface area contributed by atoms with E-state index in [0.717, 1.165) is 16.5 Å². The highest BCUT2D eigenvalue weighted by Crippen LogP contribution is 2.22. The van der Waals surface area contributed by atoms with Crippen molar-refractivity contribution in [1.82, 2.24) is 0 Å². The molecule has 0 amide bonds. The smallest absolute Gasteiger partial charge is 0.209 e. The lowest BCUT2D eigenvalue weighted by Crippen LogP contribution is -2.21. The molecule has 1 rings (SSSR count). The molecule has 0 radical (unpaired) electrons. The van der Waals surface area contributed by atoms with Gasteiger partial charge in [0, 0.05) is 4.47 Å². The zero-order valence-corrected chi connectivity index (χ0v) is 10.9. The van der Waals surface area contributed by atoms with Gasteiger partial charge in [-0.05, 0) is 30.0 Å². The molecule has 5 heteroatoms. The third-order valence-corrected chi connectivity index (χ3v) is 3.66. The second kappa shape index (κ2) is 5.09. The van der Waals surface area contributed by atoms with E-state index in [-0.39, 0.29) is 11.7 Å². The van der Waals surface area contributed by atoms with Crippen LogP contribution in [0.2, 0.25) is 0 Å². The largest absolute Gasteiger partial charge is 0.229 e. The number of halogens is 1. The van der Waals surface area contributed by atoms with E-state index in [2.05, 4.69) is 15.9 Å². The Bertz CT molecular complexity index is 414. The van der Waals surface area contributed by atoms with Crippen LogP contribution in [0.1, 0.15) is 24.8 Å². The molecule has 15 heavy (non-hydrogen) atoms. The lowest BCUT2D eigenvalue weighted by atomic mass is 9.99. The van der Waals surface area contributed by atoms with Crippen molar-refractivity contribution in [2.24, 2.45) is 5.14 Å². The van der Waals surface area contributed by atoms with Gasteiger partial charge in [-0.3, -0.25) is 0 Å². The SMILES string of the molecule is CCC(CS(N)(=O)=O)c1ccc(Br)cc1. The Morgan fingerprint density at radius 1 is 1.33 bits per heavy atom. The van der Waals surface area contributed by atoms with Gasteiger partial charge in [-0.25, -0.2) is 13.6 Å². The normalized spacial score (nSPS) is 13.8. The highest BCUT2D eigenvalue weighted by molar-refractivity contribution is 9.10. The van der Waals surface area contributed by atoms with Gasteiger partial charge in [-0.15, -0.1) is 0 Å². The molecule has 0 aliphatic carbocycles. The number of sulfonamides is 1. The Labute approximate surface area is 98.9 Å². The molecular formula is C10H14BrNO2S. The van der Waals surface area contributed by atoms with Gasteiger partial charge < -0.3 is 0 Å². The van der Waals surface area contributed by atoms with Gasteiger partial charge in [0.1, 0.15) is 0 Å². The monoisotopic (exact) mass is 291 g/mol. The molecule has 1 atom stereocenters. The molecule has 3 nitrogen and oxygen atoms in total. The highest BCUT2D eigenvalue weighted by Gasteiger charge is 2.15. The number of primary sulfonamides is 1. The van der Waals surface area contributed by atoms with Crippen molar-refractivity contribution in [2.75, 3.05) is 5.75 Å². The van der Waals surface area contributed by atoms with E-state index in [1.54, 1.807) is 0 Å². The first-order valence-electron chi connectivity index (χ1n) is 4.68. The summed E-state index contributed by atoms with van der Waals surface area (Å²) in [4.78, 5) is 0. The van der Waals surface area contributed by atoms with Crippen molar-refractivity contribution in [3.8, 4) is 0 Å². The van der Waals surface area contributed by atoms with Crippen molar-refractivity contribution in [3.05, 3.63) is 34.3 Å². The molecule has 0 heterocycles. The fraction of sp³-hybridized carbons (Fsp3) is 0.400. The Morgan fingerprint density at radius 3 is 2.27 bits per heavy atom. The third-order valence-electron chi connectivity index (χ3n) is 2.27. The van der Waals surface area contributed by atoms with E-state index < -0.39 is 10.0 Å². The molecule has 1 unspecified atom stereocenters. The van der Waals surface area contributed by atoms with Crippen molar-refractivity contribution in [2.45, 2.75) is 19.3 Å². The molecule has 0 spiro atoms. The average Bonchev–Trinajstić information content (AvgIpc) is 2.14.